The Balaban J connectivity index is 2.04. The van der Waals surface area contributed by atoms with Crippen LogP contribution in [0, 0.1) is 0 Å². The molecule has 0 saturated carbocycles. The Kier molecular flexibility index (Phi) is 5.73. The number of ether oxygens (including phenoxy) is 1. The highest BCUT2D eigenvalue weighted by atomic mass is 35.5. The number of furan rings is 1. The van der Waals surface area contributed by atoms with Crippen molar-refractivity contribution in [3.8, 4) is 0 Å². The molecule has 0 spiro atoms. The van der Waals surface area contributed by atoms with Crippen LogP contribution in [0.15, 0.2) is 39.8 Å². The Morgan fingerprint density at radius 2 is 1.92 bits per heavy atom. The van der Waals surface area contributed by atoms with Crippen LogP contribution in [-0.2, 0) is 19.6 Å². The third-order valence-corrected chi connectivity index (χ3v) is 4.25. The number of primary sulfonamides is 1. The number of hydrogen-bond donors (Lipinski definition) is 2. The lowest BCUT2D eigenvalue weighted by molar-refractivity contribution is -0.123. The third kappa shape index (κ3) is 4.95. The van der Waals surface area contributed by atoms with Crippen molar-refractivity contribution >= 4 is 50.8 Å². The van der Waals surface area contributed by atoms with E-state index in [1.54, 1.807) is 6.07 Å². The van der Waals surface area contributed by atoms with E-state index in [1.165, 1.54) is 19.1 Å². The number of nitrogens with one attached hydrogen (secondary N) is 1. The number of halogens is 2. The molecular weight excluding hydrogens is 395 g/mol. The number of rotatable bonds is 5. The van der Waals surface area contributed by atoms with E-state index in [-0.39, 0.29) is 10.7 Å². The third-order valence-electron chi connectivity index (χ3n) is 2.90. The first-order valence-electron chi connectivity index (χ1n) is 6.67. The van der Waals surface area contributed by atoms with Gasteiger partial charge < -0.3 is 14.5 Å². The minimum Gasteiger partial charge on any atom is -0.447 e. The van der Waals surface area contributed by atoms with Gasteiger partial charge in [0.05, 0.1) is 10.7 Å². The van der Waals surface area contributed by atoms with Crippen LogP contribution in [0.2, 0.25) is 10.0 Å². The van der Waals surface area contributed by atoms with Crippen LogP contribution >= 0.6 is 23.2 Å². The van der Waals surface area contributed by atoms with Crippen LogP contribution in [0.5, 0.6) is 0 Å². The van der Waals surface area contributed by atoms with Gasteiger partial charge >= 0.3 is 5.97 Å². The van der Waals surface area contributed by atoms with Gasteiger partial charge in [0.1, 0.15) is 0 Å². The van der Waals surface area contributed by atoms with Crippen molar-refractivity contribution in [2.75, 3.05) is 5.32 Å². The average molecular weight is 407 g/mol. The molecule has 0 radical (unpaired) electrons. The van der Waals surface area contributed by atoms with Crippen molar-refractivity contribution in [3.05, 3.63) is 46.1 Å². The lowest BCUT2D eigenvalue weighted by Gasteiger charge is -2.13. The highest BCUT2D eigenvalue weighted by Gasteiger charge is 2.23. The van der Waals surface area contributed by atoms with Crippen molar-refractivity contribution in [2.45, 2.75) is 18.1 Å². The number of carbonyl (C=O) groups is 2. The second-order valence-electron chi connectivity index (χ2n) is 4.82. The van der Waals surface area contributed by atoms with Crippen LogP contribution in [-0.4, -0.2) is 26.4 Å². The molecule has 11 heteroatoms. The fourth-order valence-electron chi connectivity index (χ4n) is 1.68. The number of carbonyl (C=O) groups excluding carboxylic acids is 2. The summed E-state index contributed by atoms with van der Waals surface area (Å²) >= 11 is 11.7. The maximum atomic E-state index is 12.1. The van der Waals surface area contributed by atoms with Gasteiger partial charge in [-0.2, -0.15) is 0 Å². The summed E-state index contributed by atoms with van der Waals surface area (Å²) in [6.07, 6.45) is -1.22. The molecule has 1 atom stereocenters. The molecule has 0 saturated heterocycles. The minimum absolute atomic E-state index is 0.247. The summed E-state index contributed by atoms with van der Waals surface area (Å²) in [5, 5.41) is 7.34. The summed E-state index contributed by atoms with van der Waals surface area (Å²) in [5.74, 6) is -2.12. The molecule has 0 bridgehead atoms. The summed E-state index contributed by atoms with van der Waals surface area (Å²) in [5.41, 5.74) is 0.247. The van der Waals surface area contributed by atoms with Gasteiger partial charge in [0.2, 0.25) is 10.9 Å². The fraction of sp³-hybridized carbons (Fsp3) is 0.143. The van der Waals surface area contributed by atoms with E-state index < -0.39 is 38.9 Å². The Morgan fingerprint density at radius 3 is 2.52 bits per heavy atom. The molecule has 1 aromatic heterocycles. The molecule has 25 heavy (non-hydrogen) atoms. The molecular formula is C14H12Cl2N2O6S. The second kappa shape index (κ2) is 7.44. The van der Waals surface area contributed by atoms with Crippen molar-refractivity contribution in [2.24, 2.45) is 5.14 Å². The number of hydrogen-bond acceptors (Lipinski definition) is 6. The van der Waals surface area contributed by atoms with Crippen LogP contribution in [0.4, 0.5) is 5.69 Å². The monoisotopic (exact) mass is 406 g/mol. The standard InChI is InChI=1S/C14H12Cl2N2O6S/c1-7(13(19)18-10-6-8(15)2-3-9(10)16)23-14(20)11-4-5-12(24-11)25(17,21)22/h2-7H,1H3,(H,18,19)(H2,17,21,22). The first kappa shape index (κ1) is 19.3. The Morgan fingerprint density at radius 1 is 1.24 bits per heavy atom. The highest BCUT2D eigenvalue weighted by Crippen LogP contribution is 2.25. The van der Waals surface area contributed by atoms with Crippen LogP contribution < -0.4 is 10.5 Å². The fourth-order valence-corrected chi connectivity index (χ4v) is 2.48. The van der Waals surface area contributed by atoms with Gasteiger partial charge in [0.15, 0.2) is 6.10 Å². The van der Waals surface area contributed by atoms with Gasteiger partial charge in [-0.15, -0.1) is 0 Å². The Bertz CT molecular complexity index is 925. The molecule has 1 amide bonds. The quantitative estimate of drug-likeness (QED) is 0.733. The van der Waals surface area contributed by atoms with Crippen molar-refractivity contribution in [1.82, 2.24) is 0 Å². The van der Waals surface area contributed by atoms with E-state index in [1.807, 2.05) is 0 Å². The predicted octanol–water partition coefficient (Wildman–Crippen LogP) is 2.42. The average Bonchev–Trinajstić information content (AvgIpc) is 3.01. The van der Waals surface area contributed by atoms with E-state index in [0.717, 1.165) is 12.1 Å². The van der Waals surface area contributed by atoms with E-state index >= 15 is 0 Å². The number of amides is 1. The first-order chi connectivity index (χ1) is 11.6. The predicted molar refractivity (Wildman–Crippen MR) is 90.1 cm³/mol. The van der Waals surface area contributed by atoms with Crippen LogP contribution in [0.1, 0.15) is 17.5 Å². The second-order valence-corrected chi connectivity index (χ2v) is 7.16. The number of benzene rings is 1. The van der Waals surface area contributed by atoms with E-state index in [4.69, 9.17) is 37.5 Å². The van der Waals surface area contributed by atoms with Gasteiger partial charge in [-0.1, -0.05) is 23.2 Å². The summed E-state index contributed by atoms with van der Waals surface area (Å²) in [4.78, 5) is 24.0. The molecule has 1 unspecified atom stereocenters. The van der Waals surface area contributed by atoms with Crippen molar-refractivity contribution < 1.29 is 27.2 Å². The van der Waals surface area contributed by atoms with E-state index in [9.17, 15) is 18.0 Å². The molecule has 2 rings (SSSR count). The topological polar surface area (TPSA) is 129 Å². The Hall–Kier alpha value is -2.07. The van der Waals surface area contributed by atoms with E-state index in [0.29, 0.717) is 5.02 Å². The molecule has 134 valence electrons. The number of anilines is 1. The van der Waals surface area contributed by atoms with Gasteiger partial charge in [-0.25, -0.2) is 18.4 Å². The maximum Gasteiger partial charge on any atom is 0.375 e. The lowest BCUT2D eigenvalue weighted by atomic mass is 10.3. The zero-order valence-electron chi connectivity index (χ0n) is 12.7. The van der Waals surface area contributed by atoms with Gasteiger partial charge in [-0.05, 0) is 37.3 Å². The largest absolute Gasteiger partial charge is 0.447 e. The van der Waals surface area contributed by atoms with Gasteiger partial charge in [0, 0.05) is 5.02 Å². The maximum absolute atomic E-state index is 12.1. The SMILES string of the molecule is CC(OC(=O)c1ccc(S(N)(=O)=O)o1)C(=O)Nc1cc(Cl)ccc1Cl. The number of nitrogens with two attached hydrogens (primary N) is 1. The molecule has 0 fully saturated rings. The first-order valence-corrected chi connectivity index (χ1v) is 8.97. The summed E-state index contributed by atoms with van der Waals surface area (Å²) < 4.78 is 31.9. The molecule has 1 aromatic carbocycles. The number of sulfonamides is 1. The molecule has 2 aromatic rings. The van der Waals surface area contributed by atoms with Gasteiger partial charge in [-0.3, -0.25) is 4.79 Å². The van der Waals surface area contributed by atoms with E-state index in [2.05, 4.69) is 5.32 Å². The highest BCUT2D eigenvalue weighted by molar-refractivity contribution is 7.89. The molecule has 8 nitrogen and oxygen atoms in total. The van der Waals surface area contributed by atoms with Crippen molar-refractivity contribution in [1.29, 1.82) is 0 Å². The number of esters is 1. The normalized spacial score (nSPS) is 12.5. The summed E-state index contributed by atoms with van der Waals surface area (Å²) in [7, 11) is -4.09. The summed E-state index contributed by atoms with van der Waals surface area (Å²) in [6.45, 7) is 1.31. The van der Waals surface area contributed by atoms with Crippen molar-refractivity contribution in [3.63, 3.8) is 0 Å². The smallest absolute Gasteiger partial charge is 0.375 e. The Labute approximate surface area is 152 Å². The molecule has 0 aliphatic rings. The molecule has 0 aliphatic carbocycles. The molecule has 1 heterocycles. The lowest BCUT2D eigenvalue weighted by Crippen LogP contribution is -2.30. The van der Waals surface area contributed by atoms with Gasteiger partial charge in [0.25, 0.3) is 15.9 Å². The molecule has 0 aliphatic heterocycles. The van der Waals surface area contributed by atoms with Crippen LogP contribution in [0.3, 0.4) is 0 Å². The zero-order chi connectivity index (χ0) is 18.8. The van der Waals surface area contributed by atoms with Crippen LogP contribution in [0.25, 0.3) is 0 Å². The summed E-state index contributed by atoms with van der Waals surface area (Å²) in [6, 6.07) is 6.54. The zero-order valence-corrected chi connectivity index (χ0v) is 15.0. The minimum atomic E-state index is -4.09. The molecule has 3 N–H and O–H groups in total.